The summed E-state index contributed by atoms with van der Waals surface area (Å²) in [5.74, 6) is -1.21. The third-order valence-electron chi connectivity index (χ3n) is 3.67. The van der Waals surface area contributed by atoms with Crippen molar-refractivity contribution in [1.29, 1.82) is 0 Å². The first-order chi connectivity index (χ1) is 10.7. The Morgan fingerprint density at radius 3 is 2.43 bits per heavy atom. The van der Waals surface area contributed by atoms with Crippen LogP contribution in [0.4, 0.5) is 23.7 Å². The van der Waals surface area contributed by atoms with Gasteiger partial charge in [0, 0.05) is 25.0 Å². The van der Waals surface area contributed by atoms with Crippen LogP contribution in [-0.4, -0.2) is 41.5 Å². The maximum absolute atomic E-state index is 12.3. The van der Waals surface area contributed by atoms with Crippen molar-refractivity contribution < 1.29 is 32.6 Å². The minimum Gasteiger partial charge on any atom is -0.465 e. The zero-order chi connectivity index (χ0) is 16.8. The molecule has 1 aromatic carbocycles. The van der Waals surface area contributed by atoms with Gasteiger partial charge < -0.3 is 14.7 Å². The van der Waals surface area contributed by atoms with Crippen molar-refractivity contribution in [3.63, 3.8) is 0 Å². The molecule has 1 aromatic rings. The smallest absolute Gasteiger partial charge is 0.465 e. The molecule has 0 aromatic heterocycles. The molecule has 23 heavy (non-hydrogen) atoms. The summed E-state index contributed by atoms with van der Waals surface area (Å²) in [6.07, 6.45) is -4.33. The molecule has 122 valence electrons. The molecule has 1 saturated heterocycles. The lowest BCUT2D eigenvalue weighted by Gasteiger charge is -2.18. The van der Waals surface area contributed by atoms with E-state index in [1.165, 1.54) is 23.2 Å². The third-order valence-corrected chi connectivity index (χ3v) is 3.67. The number of carboxylic acid groups (broad SMARTS) is 1. The number of benzene rings is 1. The molecule has 1 fully saturated rings. The number of fused-ring (bicyclic) bond motifs is 1. The predicted molar refractivity (Wildman–Crippen MR) is 71.8 cm³/mol. The van der Waals surface area contributed by atoms with Gasteiger partial charge in [0.2, 0.25) is 5.91 Å². The van der Waals surface area contributed by atoms with Crippen LogP contribution in [0.15, 0.2) is 36.0 Å². The maximum atomic E-state index is 12.3. The minimum absolute atomic E-state index is 0.0891. The Kier molecular flexibility index (Phi) is 3.42. The van der Waals surface area contributed by atoms with E-state index in [4.69, 9.17) is 5.11 Å². The molecule has 1 N–H and O–H groups in total. The zero-order valence-electron chi connectivity index (χ0n) is 11.6. The van der Waals surface area contributed by atoms with Crippen molar-refractivity contribution in [2.45, 2.75) is 6.36 Å². The maximum Gasteiger partial charge on any atom is 0.573 e. The number of carbonyl (C=O) groups excluding carboxylic acids is 1. The van der Waals surface area contributed by atoms with Gasteiger partial charge >= 0.3 is 12.5 Å². The molecule has 2 heterocycles. The monoisotopic (exact) mass is 328 g/mol. The topological polar surface area (TPSA) is 70.1 Å². The Hall–Kier alpha value is -2.71. The fourth-order valence-electron chi connectivity index (χ4n) is 2.65. The molecule has 6 nitrogen and oxygen atoms in total. The normalized spacial score (nSPS) is 20.6. The Labute approximate surface area is 128 Å². The molecule has 0 unspecified atom stereocenters. The lowest BCUT2D eigenvalue weighted by Crippen LogP contribution is -2.33. The number of anilines is 1. The molecule has 9 heteroatoms. The fourth-order valence-corrected chi connectivity index (χ4v) is 2.65. The molecule has 0 spiro atoms. The largest absolute Gasteiger partial charge is 0.573 e. The van der Waals surface area contributed by atoms with E-state index in [-0.39, 0.29) is 24.7 Å². The summed E-state index contributed by atoms with van der Waals surface area (Å²) in [5.41, 5.74) is 1.07. The number of halogens is 3. The second-order valence-electron chi connectivity index (χ2n) is 5.17. The summed E-state index contributed by atoms with van der Waals surface area (Å²) in [6.45, 7) is 0.239. The van der Waals surface area contributed by atoms with Crippen LogP contribution in [0.5, 0.6) is 5.75 Å². The molecule has 2 amide bonds. The molecule has 0 radical (unpaired) electrons. The lowest BCUT2D eigenvalue weighted by atomic mass is 10.1. The van der Waals surface area contributed by atoms with Crippen molar-refractivity contribution >= 4 is 17.7 Å². The van der Waals surface area contributed by atoms with E-state index in [0.717, 1.165) is 17.0 Å². The Morgan fingerprint density at radius 1 is 1.26 bits per heavy atom. The third kappa shape index (κ3) is 2.94. The van der Waals surface area contributed by atoms with Crippen LogP contribution >= 0.6 is 0 Å². The van der Waals surface area contributed by atoms with E-state index in [1.54, 1.807) is 0 Å². The van der Waals surface area contributed by atoms with Gasteiger partial charge in [-0.25, -0.2) is 4.79 Å². The highest BCUT2D eigenvalue weighted by molar-refractivity contribution is 6.02. The van der Waals surface area contributed by atoms with Crippen LogP contribution in [0.25, 0.3) is 0 Å². The van der Waals surface area contributed by atoms with Gasteiger partial charge in [0.1, 0.15) is 5.75 Å². The summed E-state index contributed by atoms with van der Waals surface area (Å²) < 4.78 is 40.1. The molecule has 3 rings (SSSR count). The number of rotatable bonds is 2. The van der Waals surface area contributed by atoms with Crippen molar-refractivity contribution in [3.05, 3.63) is 36.0 Å². The number of carbonyl (C=O) groups is 2. The van der Waals surface area contributed by atoms with Gasteiger partial charge in [-0.2, -0.15) is 0 Å². The summed E-state index contributed by atoms with van der Waals surface area (Å²) in [6, 6.07) is 4.91. The first-order valence-corrected chi connectivity index (χ1v) is 6.62. The molecule has 0 aliphatic carbocycles. The summed E-state index contributed by atoms with van der Waals surface area (Å²) in [4.78, 5) is 25.7. The SMILES string of the molecule is O=C(O)N1CC2=CN(c3ccc(OC(F)(F)F)cc3)C(=O)[C@H]2C1. The highest BCUT2D eigenvalue weighted by atomic mass is 19.4. The average molecular weight is 328 g/mol. The highest BCUT2D eigenvalue weighted by Gasteiger charge is 2.42. The first-order valence-electron chi connectivity index (χ1n) is 6.62. The van der Waals surface area contributed by atoms with Crippen molar-refractivity contribution in [2.24, 2.45) is 5.92 Å². The second kappa shape index (κ2) is 5.18. The van der Waals surface area contributed by atoms with E-state index in [2.05, 4.69) is 4.74 Å². The van der Waals surface area contributed by atoms with Gasteiger partial charge in [-0.05, 0) is 29.8 Å². The molecule has 2 aliphatic rings. The molecular formula is C14H11F3N2O4. The highest BCUT2D eigenvalue weighted by Crippen LogP contribution is 2.34. The van der Waals surface area contributed by atoms with Gasteiger partial charge in [-0.1, -0.05) is 0 Å². The predicted octanol–water partition coefficient (Wildman–Crippen LogP) is 2.43. The number of amides is 2. The van der Waals surface area contributed by atoms with Crippen molar-refractivity contribution in [2.75, 3.05) is 18.0 Å². The number of hydrogen-bond donors (Lipinski definition) is 1. The van der Waals surface area contributed by atoms with Crippen molar-refractivity contribution in [1.82, 2.24) is 4.90 Å². The van der Waals surface area contributed by atoms with E-state index >= 15 is 0 Å². The van der Waals surface area contributed by atoms with E-state index in [1.807, 2.05) is 0 Å². The lowest BCUT2D eigenvalue weighted by molar-refractivity contribution is -0.274. The van der Waals surface area contributed by atoms with E-state index in [9.17, 15) is 22.8 Å². The molecule has 0 bridgehead atoms. The quantitative estimate of drug-likeness (QED) is 0.905. The standard InChI is InChI=1S/C14H11F3N2O4/c15-14(16,17)23-10-3-1-9(2-4-10)19-6-8-5-18(13(21)22)7-11(8)12(19)20/h1-4,6,11H,5,7H2,(H,21,22)/t11-/m0/s1. The molecule has 2 aliphatic heterocycles. The molecular weight excluding hydrogens is 317 g/mol. The van der Waals surface area contributed by atoms with Gasteiger partial charge in [0.25, 0.3) is 0 Å². The van der Waals surface area contributed by atoms with Gasteiger partial charge in [0.15, 0.2) is 0 Å². The number of ether oxygens (including phenoxy) is 1. The Morgan fingerprint density at radius 2 is 1.91 bits per heavy atom. The molecule has 0 saturated carbocycles. The first kappa shape index (κ1) is 15.2. The van der Waals surface area contributed by atoms with E-state index < -0.39 is 18.4 Å². The summed E-state index contributed by atoms with van der Waals surface area (Å²) in [5, 5.41) is 8.93. The van der Waals surface area contributed by atoms with Gasteiger partial charge in [0.05, 0.1) is 5.92 Å². The second-order valence-corrected chi connectivity index (χ2v) is 5.17. The number of likely N-dealkylation sites (tertiary alicyclic amines) is 1. The van der Waals surface area contributed by atoms with Crippen molar-refractivity contribution in [3.8, 4) is 5.75 Å². The van der Waals surface area contributed by atoms with Crippen LogP contribution in [0.2, 0.25) is 0 Å². The van der Waals surface area contributed by atoms with Gasteiger partial charge in [-0.15, -0.1) is 13.2 Å². The number of nitrogens with zero attached hydrogens (tertiary/aromatic N) is 2. The van der Waals surface area contributed by atoms with Crippen LogP contribution in [0.1, 0.15) is 0 Å². The van der Waals surface area contributed by atoms with Crippen LogP contribution in [0.3, 0.4) is 0 Å². The summed E-state index contributed by atoms with van der Waals surface area (Å²) >= 11 is 0. The molecule has 1 atom stereocenters. The van der Waals surface area contributed by atoms with Gasteiger partial charge in [-0.3, -0.25) is 9.69 Å². The van der Waals surface area contributed by atoms with Crippen LogP contribution in [0, 0.1) is 5.92 Å². The van der Waals surface area contributed by atoms with E-state index in [0.29, 0.717) is 11.3 Å². The summed E-state index contributed by atoms with van der Waals surface area (Å²) in [7, 11) is 0. The van der Waals surface area contributed by atoms with Crippen LogP contribution in [-0.2, 0) is 4.79 Å². The minimum atomic E-state index is -4.77. The van der Waals surface area contributed by atoms with Crippen LogP contribution < -0.4 is 9.64 Å². The number of alkyl halides is 3. The number of hydrogen-bond acceptors (Lipinski definition) is 3. The zero-order valence-corrected chi connectivity index (χ0v) is 11.6. The Balaban J connectivity index is 1.76. The average Bonchev–Trinajstić information content (AvgIpc) is 2.98. The fraction of sp³-hybridized carbons (Fsp3) is 0.286. The Bertz CT molecular complexity index is 684.